The second-order valence-corrected chi connectivity index (χ2v) is 5.21. The highest BCUT2D eigenvalue weighted by Gasteiger charge is 2.20. The molecule has 0 aliphatic heterocycles. The van der Waals surface area contributed by atoms with Gasteiger partial charge in [0, 0.05) is 12.1 Å². The molecule has 0 unspecified atom stereocenters. The molecule has 0 N–H and O–H groups in total. The third-order valence-corrected chi connectivity index (χ3v) is 3.51. The van der Waals surface area contributed by atoms with Crippen LogP contribution in [-0.4, -0.2) is 32.6 Å². The zero-order chi connectivity index (χ0) is 18.2. The number of hydrogen-bond donors (Lipinski definition) is 0. The van der Waals surface area contributed by atoms with Crippen molar-refractivity contribution in [3.63, 3.8) is 0 Å². The second kappa shape index (κ2) is 8.73. The smallest absolute Gasteiger partial charge is 0.346 e. The largest absolute Gasteiger partial charge is 0.496 e. The maximum atomic E-state index is 11.6. The summed E-state index contributed by atoms with van der Waals surface area (Å²) in [6, 6.07) is 12.7. The highest BCUT2D eigenvalue weighted by Crippen LogP contribution is 2.34. The Morgan fingerprint density at radius 3 is 2.40 bits per heavy atom. The van der Waals surface area contributed by atoms with E-state index in [2.05, 4.69) is 4.74 Å². The molecule has 0 aromatic heterocycles. The molecule has 6 heteroatoms. The third-order valence-electron chi connectivity index (χ3n) is 3.51. The number of methoxy groups -OCH3 is 2. The first-order chi connectivity index (χ1) is 12.1. The van der Waals surface area contributed by atoms with Gasteiger partial charge in [0.25, 0.3) is 0 Å². The molecule has 25 heavy (non-hydrogen) atoms. The van der Waals surface area contributed by atoms with E-state index in [9.17, 15) is 9.59 Å². The van der Waals surface area contributed by atoms with Gasteiger partial charge in [-0.15, -0.1) is 0 Å². The maximum Gasteiger partial charge on any atom is 0.346 e. The highest BCUT2D eigenvalue weighted by atomic mass is 16.6. The van der Waals surface area contributed by atoms with Crippen LogP contribution in [0.3, 0.4) is 0 Å². The van der Waals surface area contributed by atoms with E-state index in [1.807, 2.05) is 30.3 Å². The van der Waals surface area contributed by atoms with E-state index in [1.165, 1.54) is 27.2 Å². The Morgan fingerprint density at radius 1 is 1.12 bits per heavy atom. The topological polar surface area (TPSA) is 71.1 Å². The molecule has 0 spiro atoms. The number of ether oxygens (including phenoxy) is 4. The summed E-state index contributed by atoms with van der Waals surface area (Å²) in [4.78, 5) is 23.1. The van der Waals surface area contributed by atoms with E-state index in [0.29, 0.717) is 17.8 Å². The zero-order valence-electron chi connectivity index (χ0n) is 14.4. The summed E-state index contributed by atoms with van der Waals surface area (Å²) in [5, 5.41) is 0. The van der Waals surface area contributed by atoms with E-state index >= 15 is 0 Å². The lowest BCUT2D eigenvalue weighted by Gasteiger charge is -2.17. The molecule has 0 aliphatic rings. The van der Waals surface area contributed by atoms with Gasteiger partial charge in [0.15, 0.2) is 12.4 Å². The quantitative estimate of drug-likeness (QED) is 0.541. The Bertz CT molecular complexity index is 726. The average molecular weight is 344 g/mol. The molecule has 2 rings (SSSR count). The van der Waals surface area contributed by atoms with Crippen LogP contribution in [0.4, 0.5) is 0 Å². The standard InChI is InChI=1S/C19H20O6/c1-13(19(21)23-3)25-18-10-15(22-2)9-17(16(18)11-20)24-12-14-7-5-4-6-8-14/h4-11,13H,12H2,1-3H3/t13-/m1/s1. The SMILES string of the molecule is COC(=O)[C@@H](C)Oc1cc(OC)cc(OCc2ccccc2)c1C=O. The summed E-state index contributed by atoms with van der Waals surface area (Å²) in [5.74, 6) is 0.396. The second-order valence-electron chi connectivity index (χ2n) is 5.21. The summed E-state index contributed by atoms with van der Waals surface area (Å²) >= 11 is 0. The van der Waals surface area contributed by atoms with Gasteiger partial charge in [-0.1, -0.05) is 30.3 Å². The van der Waals surface area contributed by atoms with Crippen LogP contribution < -0.4 is 14.2 Å². The molecule has 132 valence electrons. The summed E-state index contributed by atoms with van der Waals surface area (Å²) in [6.45, 7) is 1.81. The van der Waals surface area contributed by atoms with Crippen molar-refractivity contribution in [2.45, 2.75) is 19.6 Å². The third kappa shape index (κ3) is 4.73. The van der Waals surface area contributed by atoms with Crippen molar-refractivity contribution in [3.05, 3.63) is 53.6 Å². The van der Waals surface area contributed by atoms with Crippen LogP contribution in [0.25, 0.3) is 0 Å². The Kier molecular flexibility index (Phi) is 6.39. The van der Waals surface area contributed by atoms with Gasteiger partial charge in [-0.2, -0.15) is 0 Å². The van der Waals surface area contributed by atoms with Gasteiger partial charge in [-0.05, 0) is 12.5 Å². The molecule has 0 fully saturated rings. The first kappa shape index (κ1) is 18.3. The van der Waals surface area contributed by atoms with E-state index in [4.69, 9.17) is 14.2 Å². The fourth-order valence-corrected chi connectivity index (χ4v) is 2.17. The lowest BCUT2D eigenvalue weighted by Crippen LogP contribution is -2.25. The maximum absolute atomic E-state index is 11.6. The van der Waals surface area contributed by atoms with Crippen molar-refractivity contribution < 1.29 is 28.5 Å². The number of benzene rings is 2. The van der Waals surface area contributed by atoms with Crippen molar-refractivity contribution in [3.8, 4) is 17.2 Å². The van der Waals surface area contributed by atoms with Gasteiger partial charge in [0.05, 0.1) is 19.8 Å². The molecule has 0 radical (unpaired) electrons. The van der Waals surface area contributed by atoms with Crippen LogP contribution in [0, 0.1) is 0 Å². The molecule has 0 bridgehead atoms. The minimum Gasteiger partial charge on any atom is -0.496 e. The van der Waals surface area contributed by atoms with Crippen LogP contribution in [-0.2, 0) is 16.1 Å². The van der Waals surface area contributed by atoms with Gasteiger partial charge in [0.2, 0.25) is 0 Å². The molecule has 2 aromatic rings. The number of carbonyl (C=O) groups is 2. The lowest BCUT2D eigenvalue weighted by atomic mass is 10.1. The Hall–Kier alpha value is -3.02. The molecule has 6 nitrogen and oxygen atoms in total. The number of aldehydes is 1. The molecule has 0 heterocycles. The number of rotatable bonds is 8. The van der Waals surface area contributed by atoms with Gasteiger partial charge in [-0.3, -0.25) is 4.79 Å². The van der Waals surface area contributed by atoms with Crippen molar-refractivity contribution in [1.82, 2.24) is 0 Å². The highest BCUT2D eigenvalue weighted by molar-refractivity contribution is 5.85. The van der Waals surface area contributed by atoms with Gasteiger partial charge >= 0.3 is 5.97 Å². The number of esters is 1. The molecule has 0 amide bonds. The van der Waals surface area contributed by atoms with E-state index in [1.54, 1.807) is 6.07 Å². The Morgan fingerprint density at radius 2 is 1.80 bits per heavy atom. The van der Waals surface area contributed by atoms with Gasteiger partial charge < -0.3 is 18.9 Å². The zero-order valence-corrected chi connectivity index (χ0v) is 14.4. The summed E-state index contributed by atoms with van der Waals surface area (Å²) in [7, 11) is 2.76. The number of hydrogen-bond acceptors (Lipinski definition) is 6. The molecular formula is C19H20O6. The van der Waals surface area contributed by atoms with E-state index in [0.717, 1.165) is 5.56 Å². The summed E-state index contributed by atoms with van der Waals surface area (Å²) in [5.41, 5.74) is 1.15. The first-order valence-electron chi connectivity index (χ1n) is 7.67. The van der Waals surface area contributed by atoms with Gasteiger partial charge in [0.1, 0.15) is 23.9 Å². The molecular weight excluding hydrogens is 324 g/mol. The van der Waals surface area contributed by atoms with Crippen LogP contribution in [0.5, 0.6) is 17.2 Å². The predicted molar refractivity (Wildman–Crippen MR) is 91.3 cm³/mol. The van der Waals surface area contributed by atoms with Crippen LogP contribution in [0.1, 0.15) is 22.8 Å². The fourth-order valence-electron chi connectivity index (χ4n) is 2.17. The summed E-state index contributed by atoms with van der Waals surface area (Å²) in [6.07, 6.45) is -0.253. The first-order valence-corrected chi connectivity index (χ1v) is 7.67. The van der Waals surface area contributed by atoms with Crippen LogP contribution >= 0.6 is 0 Å². The monoisotopic (exact) mass is 344 g/mol. The van der Waals surface area contributed by atoms with E-state index < -0.39 is 12.1 Å². The molecule has 2 aromatic carbocycles. The van der Waals surface area contributed by atoms with Crippen molar-refractivity contribution in [2.75, 3.05) is 14.2 Å². The van der Waals surface area contributed by atoms with Crippen molar-refractivity contribution in [2.24, 2.45) is 0 Å². The van der Waals surface area contributed by atoms with Crippen LogP contribution in [0.2, 0.25) is 0 Å². The van der Waals surface area contributed by atoms with Crippen molar-refractivity contribution >= 4 is 12.3 Å². The lowest BCUT2D eigenvalue weighted by molar-refractivity contribution is -0.147. The number of carbonyl (C=O) groups excluding carboxylic acids is 2. The normalized spacial score (nSPS) is 11.3. The van der Waals surface area contributed by atoms with Crippen LogP contribution in [0.15, 0.2) is 42.5 Å². The fraction of sp³-hybridized carbons (Fsp3) is 0.263. The molecule has 0 saturated heterocycles. The van der Waals surface area contributed by atoms with Crippen molar-refractivity contribution in [1.29, 1.82) is 0 Å². The molecule has 0 saturated carbocycles. The summed E-state index contributed by atoms with van der Waals surface area (Å²) < 4.78 is 21.2. The molecule has 1 atom stereocenters. The minimum absolute atomic E-state index is 0.190. The van der Waals surface area contributed by atoms with Gasteiger partial charge in [-0.25, -0.2) is 4.79 Å². The predicted octanol–water partition coefficient (Wildman–Crippen LogP) is 3.03. The average Bonchev–Trinajstić information content (AvgIpc) is 2.65. The Labute approximate surface area is 146 Å². The minimum atomic E-state index is -0.877. The molecule has 0 aliphatic carbocycles. The van der Waals surface area contributed by atoms with E-state index in [-0.39, 0.29) is 17.9 Å². The Balaban J connectivity index is 2.29.